The highest BCUT2D eigenvalue weighted by Gasteiger charge is 2.10. The van der Waals surface area contributed by atoms with Gasteiger partial charge in [0.1, 0.15) is 0 Å². The van der Waals surface area contributed by atoms with Crippen molar-refractivity contribution in [2.75, 3.05) is 19.5 Å². The Bertz CT molecular complexity index is 815. The maximum Gasteiger partial charge on any atom is 0.183 e. The van der Waals surface area contributed by atoms with Crippen LogP contribution in [0.2, 0.25) is 0 Å². The lowest BCUT2D eigenvalue weighted by Gasteiger charge is -2.09. The number of nitrogens with zero attached hydrogens (tertiary/aromatic N) is 1. The Hall–Kier alpha value is -2.53. The quantitative estimate of drug-likeness (QED) is 0.703. The summed E-state index contributed by atoms with van der Waals surface area (Å²) in [7, 11) is 3.28. The Morgan fingerprint density at radius 2 is 1.75 bits per heavy atom. The summed E-state index contributed by atoms with van der Waals surface area (Å²) in [5.41, 5.74) is 3.29. The second-order valence-electron chi connectivity index (χ2n) is 5.33. The fourth-order valence-electron chi connectivity index (χ4n) is 2.50. The molecule has 0 bridgehead atoms. The summed E-state index contributed by atoms with van der Waals surface area (Å²) in [4.78, 5) is 5.93. The molecule has 5 heteroatoms. The van der Waals surface area contributed by atoms with Gasteiger partial charge in [-0.1, -0.05) is 36.4 Å². The van der Waals surface area contributed by atoms with Crippen molar-refractivity contribution in [1.82, 2.24) is 4.98 Å². The molecule has 0 saturated heterocycles. The van der Waals surface area contributed by atoms with Crippen molar-refractivity contribution in [2.24, 2.45) is 0 Å². The molecule has 0 aliphatic heterocycles. The number of aromatic nitrogens is 1. The van der Waals surface area contributed by atoms with Crippen molar-refractivity contribution >= 4 is 16.5 Å². The summed E-state index contributed by atoms with van der Waals surface area (Å²) >= 11 is 1.67. The van der Waals surface area contributed by atoms with Gasteiger partial charge >= 0.3 is 0 Å². The molecule has 1 N–H and O–H groups in total. The van der Waals surface area contributed by atoms with E-state index in [0.29, 0.717) is 6.54 Å². The third-order valence-corrected chi connectivity index (χ3v) is 4.66. The molecule has 1 aromatic heterocycles. The standard InChI is InChI=1S/C19H20N2O2S/c1-13-18(15-7-5-4-6-8-15)21-19(24-13)20-12-14-9-10-16(22-2)17(11-14)23-3/h4-11H,12H2,1-3H3,(H,20,21). The summed E-state index contributed by atoms with van der Waals surface area (Å²) in [6.07, 6.45) is 0. The number of benzene rings is 2. The van der Waals surface area contributed by atoms with Crippen molar-refractivity contribution in [3.8, 4) is 22.8 Å². The van der Waals surface area contributed by atoms with Gasteiger partial charge in [-0.2, -0.15) is 0 Å². The van der Waals surface area contributed by atoms with Crippen LogP contribution in [0.4, 0.5) is 5.13 Å². The van der Waals surface area contributed by atoms with Crippen molar-refractivity contribution in [2.45, 2.75) is 13.5 Å². The fourth-order valence-corrected chi connectivity index (χ4v) is 3.34. The topological polar surface area (TPSA) is 43.4 Å². The van der Waals surface area contributed by atoms with E-state index in [1.165, 1.54) is 4.88 Å². The zero-order chi connectivity index (χ0) is 16.9. The Labute approximate surface area is 146 Å². The largest absolute Gasteiger partial charge is 0.493 e. The molecule has 0 saturated carbocycles. The normalized spacial score (nSPS) is 10.5. The Morgan fingerprint density at radius 3 is 2.46 bits per heavy atom. The summed E-state index contributed by atoms with van der Waals surface area (Å²) < 4.78 is 10.6. The molecule has 0 spiro atoms. The van der Waals surface area contributed by atoms with Crippen LogP contribution in [0.3, 0.4) is 0 Å². The van der Waals surface area contributed by atoms with E-state index in [2.05, 4.69) is 24.4 Å². The van der Waals surface area contributed by atoms with E-state index in [4.69, 9.17) is 14.5 Å². The highest BCUT2D eigenvalue weighted by Crippen LogP contribution is 2.31. The van der Waals surface area contributed by atoms with Crippen LogP contribution in [0, 0.1) is 6.92 Å². The molecule has 3 rings (SSSR count). The highest BCUT2D eigenvalue weighted by atomic mass is 32.1. The maximum atomic E-state index is 5.34. The van der Waals surface area contributed by atoms with Gasteiger partial charge in [-0.3, -0.25) is 0 Å². The van der Waals surface area contributed by atoms with Crippen LogP contribution in [0.25, 0.3) is 11.3 Å². The lowest BCUT2D eigenvalue weighted by atomic mass is 10.1. The van der Waals surface area contributed by atoms with Crippen LogP contribution in [-0.2, 0) is 6.54 Å². The van der Waals surface area contributed by atoms with E-state index in [1.807, 2.05) is 36.4 Å². The van der Waals surface area contributed by atoms with Gasteiger partial charge in [0, 0.05) is 17.0 Å². The predicted octanol–water partition coefficient (Wildman–Crippen LogP) is 4.75. The predicted molar refractivity (Wildman–Crippen MR) is 99.2 cm³/mol. The fraction of sp³-hybridized carbons (Fsp3) is 0.211. The number of anilines is 1. The number of rotatable bonds is 6. The van der Waals surface area contributed by atoms with Gasteiger partial charge in [0.2, 0.25) is 0 Å². The number of ether oxygens (including phenoxy) is 2. The second-order valence-corrected chi connectivity index (χ2v) is 6.54. The van der Waals surface area contributed by atoms with Crippen LogP contribution in [0.1, 0.15) is 10.4 Å². The Kier molecular flexibility index (Phi) is 5.01. The molecule has 24 heavy (non-hydrogen) atoms. The van der Waals surface area contributed by atoms with Crippen molar-refractivity contribution in [3.05, 3.63) is 59.0 Å². The van der Waals surface area contributed by atoms with E-state index in [0.717, 1.165) is 33.5 Å². The zero-order valence-corrected chi connectivity index (χ0v) is 14.8. The number of hydrogen-bond donors (Lipinski definition) is 1. The van der Waals surface area contributed by atoms with Gasteiger partial charge < -0.3 is 14.8 Å². The van der Waals surface area contributed by atoms with Crippen molar-refractivity contribution < 1.29 is 9.47 Å². The monoisotopic (exact) mass is 340 g/mol. The molecule has 124 valence electrons. The van der Waals surface area contributed by atoms with E-state index in [1.54, 1.807) is 25.6 Å². The van der Waals surface area contributed by atoms with Crippen molar-refractivity contribution in [1.29, 1.82) is 0 Å². The third kappa shape index (κ3) is 3.51. The van der Waals surface area contributed by atoms with E-state index < -0.39 is 0 Å². The lowest BCUT2D eigenvalue weighted by molar-refractivity contribution is 0.354. The molecular weight excluding hydrogens is 320 g/mol. The van der Waals surface area contributed by atoms with Gasteiger partial charge in [0.25, 0.3) is 0 Å². The average molecular weight is 340 g/mol. The molecule has 0 atom stereocenters. The average Bonchev–Trinajstić information content (AvgIpc) is 3.01. The van der Waals surface area contributed by atoms with Crippen LogP contribution in [-0.4, -0.2) is 19.2 Å². The minimum absolute atomic E-state index is 0.682. The lowest BCUT2D eigenvalue weighted by Crippen LogP contribution is -2.00. The van der Waals surface area contributed by atoms with Gasteiger partial charge in [-0.15, -0.1) is 11.3 Å². The molecule has 3 aromatic rings. The van der Waals surface area contributed by atoms with Gasteiger partial charge in [0.05, 0.1) is 19.9 Å². The molecule has 0 aliphatic rings. The van der Waals surface area contributed by atoms with Crippen LogP contribution >= 0.6 is 11.3 Å². The zero-order valence-electron chi connectivity index (χ0n) is 14.0. The van der Waals surface area contributed by atoms with Crippen LogP contribution in [0.15, 0.2) is 48.5 Å². The number of nitrogens with one attached hydrogen (secondary N) is 1. The molecule has 0 radical (unpaired) electrons. The first-order chi connectivity index (χ1) is 11.7. The number of aryl methyl sites for hydroxylation is 1. The van der Waals surface area contributed by atoms with E-state index in [-0.39, 0.29) is 0 Å². The van der Waals surface area contributed by atoms with Gasteiger partial charge in [-0.25, -0.2) is 4.98 Å². The third-order valence-electron chi connectivity index (χ3n) is 3.74. The molecule has 0 amide bonds. The summed E-state index contributed by atoms with van der Waals surface area (Å²) in [5.74, 6) is 1.47. The summed E-state index contributed by atoms with van der Waals surface area (Å²) in [5, 5.41) is 4.31. The molecule has 0 unspecified atom stereocenters. The maximum absolute atomic E-state index is 5.34. The number of hydrogen-bond acceptors (Lipinski definition) is 5. The minimum atomic E-state index is 0.682. The second kappa shape index (κ2) is 7.36. The Morgan fingerprint density at radius 1 is 1.00 bits per heavy atom. The van der Waals surface area contributed by atoms with Crippen LogP contribution in [0.5, 0.6) is 11.5 Å². The highest BCUT2D eigenvalue weighted by molar-refractivity contribution is 7.16. The van der Waals surface area contributed by atoms with Gasteiger partial charge in [0.15, 0.2) is 16.6 Å². The van der Waals surface area contributed by atoms with E-state index >= 15 is 0 Å². The molecule has 1 heterocycles. The molecule has 0 aliphatic carbocycles. The number of methoxy groups -OCH3 is 2. The van der Waals surface area contributed by atoms with Crippen molar-refractivity contribution in [3.63, 3.8) is 0 Å². The first-order valence-corrected chi connectivity index (χ1v) is 8.50. The molecular formula is C19H20N2O2S. The molecule has 4 nitrogen and oxygen atoms in total. The number of thiazole rings is 1. The van der Waals surface area contributed by atoms with Gasteiger partial charge in [-0.05, 0) is 24.6 Å². The van der Waals surface area contributed by atoms with Crippen LogP contribution < -0.4 is 14.8 Å². The summed E-state index contributed by atoms with van der Waals surface area (Å²) in [6, 6.07) is 16.2. The Balaban J connectivity index is 1.74. The molecule has 0 fully saturated rings. The first-order valence-electron chi connectivity index (χ1n) is 7.69. The SMILES string of the molecule is COc1ccc(CNc2nc(-c3ccccc3)c(C)s2)cc1OC. The smallest absolute Gasteiger partial charge is 0.183 e. The molecule has 2 aromatic carbocycles. The first kappa shape index (κ1) is 16.3. The minimum Gasteiger partial charge on any atom is -0.493 e. The summed E-state index contributed by atoms with van der Waals surface area (Å²) in [6.45, 7) is 2.78. The van der Waals surface area contributed by atoms with E-state index in [9.17, 15) is 0 Å².